The number of rotatable bonds is 14. The highest BCUT2D eigenvalue weighted by Gasteiger charge is 2.19. The molecule has 6 heteroatoms. The van der Waals surface area contributed by atoms with Crippen molar-refractivity contribution in [3.05, 3.63) is 59.7 Å². The fraction of sp³-hybridized carbons (Fsp3) is 0.519. The number of benzene rings is 2. The predicted molar refractivity (Wildman–Crippen MR) is 135 cm³/mol. The molecule has 33 heavy (non-hydrogen) atoms. The summed E-state index contributed by atoms with van der Waals surface area (Å²) in [7, 11) is 3.45. The van der Waals surface area contributed by atoms with Crippen LogP contribution in [0.5, 0.6) is 11.5 Å². The third-order valence-electron chi connectivity index (χ3n) is 5.75. The van der Waals surface area contributed by atoms with E-state index in [4.69, 9.17) is 9.47 Å². The van der Waals surface area contributed by atoms with Gasteiger partial charge in [0.05, 0.1) is 6.61 Å². The van der Waals surface area contributed by atoms with E-state index < -0.39 is 6.10 Å². The number of likely N-dealkylation sites (N-methyl/N-ethyl adjacent to an activating group) is 2. The van der Waals surface area contributed by atoms with Crippen LogP contribution in [-0.4, -0.2) is 68.2 Å². The van der Waals surface area contributed by atoms with E-state index in [0.29, 0.717) is 24.1 Å². The quantitative estimate of drug-likeness (QED) is 0.467. The minimum absolute atomic E-state index is 0.0796. The van der Waals surface area contributed by atoms with Crippen molar-refractivity contribution < 1.29 is 14.3 Å². The number of nitrogens with one attached hydrogen (secondary N) is 1. The van der Waals surface area contributed by atoms with Crippen molar-refractivity contribution in [1.82, 2.24) is 15.1 Å². The van der Waals surface area contributed by atoms with Gasteiger partial charge in [0.1, 0.15) is 0 Å². The van der Waals surface area contributed by atoms with E-state index >= 15 is 0 Å². The van der Waals surface area contributed by atoms with Crippen LogP contribution in [0.3, 0.4) is 0 Å². The number of hydrogen-bond acceptors (Lipinski definition) is 5. The Hall–Kier alpha value is -2.57. The zero-order valence-electron chi connectivity index (χ0n) is 21.1. The van der Waals surface area contributed by atoms with E-state index in [1.165, 1.54) is 10.5 Å². The van der Waals surface area contributed by atoms with Crippen LogP contribution in [0.15, 0.2) is 48.5 Å². The Morgan fingerprint density at radius 3 is 2.27 bits per heavy atom. The molecule has 0 aliphatic rings. The van der Waals surface area contributed by atoms with Crippen molar-refractivity contribution in [2.75, 3.05) is 40.3 Å². The second-order valence-electron chi connectivity index (χ2n) is 8.40. The van der Waals surface area contributed by atoms with Gasteiger partial charge in [-0.2, -0.15) is 0 Å². The third-order valence-corrected chi connectivity index (χ3v) is 5.75. The highest BCUT2D eigenvalue weighted by atomic mass is 16.5. The van der Waals surface area contributed by atoms with Gasteiger partial charge in [0.25, 0.3) is 5.91 Å². The minimum Gasteiger partial charge on any atom is -0.490 e. The lowest BCUT2D eigenvalue weighted by atomic mass is 10.0. The van der Waals surface area contributed by atoms with Crippen LogP contribution in [-0.2, 0) is 17.8 Å². The van der Waals surface area contributed by atoms with E-state index in [9.17, 15) is 4.79 Å². The number of carbonyl (C=O) groups is 1. The molecular formula is C27H41N3O3. The third kappa shape index (κ3) is 8.37. The summed E-state index contributed by atoms with van der Waals surface area (Å²) >= 11 is 0. The van der Waals surface area contributed by atoms with Gasteiger partial charge in [-0.15, -0.1) is 0 Å². The zero-order chi connectivity index (χ0) is 24.2. The van der Waals surface area contributed by atoms with Gasteiger partial charge in [0, 0.05) is 33.2 Å². The summed E-state index contributed by atoms with van der Waals surface area (Å²) in [5.74, 6) is 1.18. The van der Waals surface area contributed by atoms with Crippen molar-refractivity contribution in [3.63, 3.8) is 0 Å². The van der Waals surface area contributed by atoms with Crippen LogP contribution in [0.25, 0.3) is 0 Å². The summed E-state index contributed by atoms with van der Waals surface area (Å²) in [5, 5.41) is 3.64. The lowest BCUT2D eigenvalue weighted by Crippen LogP contribution is -2.43. The molecule has 0 aromatic heterocycles. The Balaban J connectivity index is 2.04. The molecule has 0 fully saturated rings. The second-order valence-corrected chi connectivity index (χ2v) is 8.40. The Morgan fingerprint density at radius 1 is 0.970 bits per heavy atom. The van der Waals surface area contributed by atoms with Gasteiger partial charge in [0.2, 0.25) is 0 Å². The van der Waals surface area contributed by atoms with Crippen LogP contribution < -0.4 is 14.8 Å². The van der Waals surface area contributed by atoms with Gasteiger partial charge in [-0.25, -0.2) is 0 Å². The number of carbonyl (C=O) groups excluding carboxylic acids is 1. The Labute approximate surface area is 199 Å². The smallest absolute Gasteiger partial charge is 0.262 e. The molecule has 0 unspecified atom stereocenters. The average Bonchev–Trinajstić information content (AvgIpc) is 2.81. The number of ether oxygens (including phenoxy) is 2. The first-order chi connectivity index (χ1) is 15.9. The highest BCUT2D eigenvalue weighted by molar-refractivity contribution is 5.80. The largest absolute Gasteiger partial charge is 0.490 e. The summed E-state index contributed by atoms with van der Waals surface area (Å²) in [6.07, 6.45) is 0.445. The van der Waals surface area contributed by atoms with Gasteiger partial charge in [-0.3, -0.25) is 9.69 Å². The normalized spacial score (nSPS) is 12.9. The van der Waals surface area contributed by atoms with Gasteiger partial charge in [0.15, 0.2) is 17.6 Å². The van der Waals surface area contributed by atoms with Crippen LogP contribution in [0.1, 0.15) is 38.8 Å². The van der Waals surface area contributed by atoms with E-state index in [0.717, 1.165) is 38.2 Å². The van der Waals surface area contributed by atoms with E-state index in [-0.39, 0.29) is 5.91 Å². The van der Waals surface area contributed by atoms with Crippen LogP contribution >= 0.6 is 0 Å². The Kier molecular flexibility index (Phi) is 11.2. The molecule has 1 amide bonds. The molecule has 0 saturated carbocycles. The van der Waals surface area contributed by atoms with Crippen LogP contribution in [0.2, 0.25) is 0 Å². The molecule has 2 aromatic rings. The predicted octanol–water partition coefficient (Wildman–Crippen LogP) is 3.98. The number of amides is 1. The second kappa shape index (κ2) is 13.9. The summed E-state index contributed by atoms with van der Waals surface area (Å²) in [5.41, 5.74) is 2.48. The lowest BCUT2D eigenvalue weighted by Gasteiger charge is -2.30. The van der Waals surface area contributed by atoms with Crippen molar-refractivity contribution >= 4 is 5.91 Å². The molecule has 182 valence electrons. The molecule has 6 nitrogen and oxygen atoms in total. The van der Waals surface area contributed by atoms with Gasteiger partial charge in [-0.1, -0.05) is 50.2 Å². The van der Waals surface area contributed by atoms with Gasteiger partial charge in [-0.05, 0) is 56.6 Å². The first kappa shape index (κ1) is 26.7. The summed E-state index contributed by atoms with van der Waals surface area (Å²) in [4.78, 5) is 16.2. The van der Waals surface area contributed by atoms with Gasteiger partial charge < -0.3 is 19.7 Å². The molecule has 0 saturated heterocycles. The first-order valence-electron chi connectivity index (χ1n) is 12.0. The molecular weight excluding hydrogens is 414 g/mol. The Morgan fingerprint density at radius 2 is 1.67 bits per heavy atom. The maximum Gasteiger partial charge on any atom is 0.262 e. The summed E-state index contributed by atoms with van der Waals surface area (Å²) < 4.78 is 11.7. The number of hydrogen-bond donors (Lipinski definition) is 1. The van der Waals surface area contributed by atoms with Crippen molar-refractivity contribution in [1.29, 1.82) is 0 Å². The standard InChI is InChI=1S/C27H41N3O3/c1-7-30(8-2)24(17-22-13-11-10-12-14-22)20-28-19-23-15-16-25(26(18-23)32-9-3)33-21(4)27(31)29(5)6/h10-16,18,21,24,28H,7-9,17,19-20H2,1-6H3/t21-,24+/m0/s1. The van der Waals surface area contributed by atoms with Crippen LogP contribution in [0.4, 0.5) is 0 Å². The molecule has 2 aromatic carbocycles. The summed E-state index contributed by atoms with van der Waals surface area (Å²) in [6, 6.07) is 17.0. The summed E-state index contributed by atoms with van der Waals surface area (Å²) in [6.45, 7) is 12.4. The van der Waals surface area contributed by atoms with E-state index in [1.54, 1.807) is 21.0 Å². The average molecular weight is 456 g/mol. The fourth-order valence-corrected chi connectivity index (χ4v) is 3.97. The maximum atomic E-state index is 12.2. The molecule has 0 heterocycles. The fourth-order valence-electron chi connectivity index (χ4n) is 3.97. The number of nitrogens with zero attached hydrogens (tertiary/aromatic N) is 2. The van der Waals surface area contributed by atoms with Crippen LogP contribution in [0, 0.1) is 0 Å². The molecule has 0 spiro atoms. The first-order valence-corrected chi connectivity index (χ1v) is 12.0. The minimum atomic E-state index is -0.573. The van der Waals surface area contributed by atoms with Crippen molar-refractivity contribution in [2.45, 2.75) is 52.8 Å². The van der Waals surface area contributed by atoms with Gasteiger partial charge >= 0.3 is 0 Å². The topological polar surface area (TPSA) is 54.0 Å². The molecule has 0 bridgehead atoms. The molecule has 0 aliphatic heterocycles. The molecule has 0 radical (unpaired) electrons. The van der Waals surface area contributed by atoms with Crippen molar-refractivity contribution in [2.24, 2.45) is 0 Å². The lowest BCUT2D eigenvalue weighted by molar-refractivity contribution is -0.135. The maximum absolute atomic E-state index is 12.2. The van der Waals surface area contributed by atoms with Crippen molar-refractivity contribution in [3.8, 4) is 11.5 Å². The molecule has 2 atom stereocenters. The van der Waals surface area contributed by atoms with E-state index in [1.807, 2.05) is 25.1 Å². The van der Waals surface area contributed by atoms with E-state index in [2.05, 4.69) is 54.4 Å². The zero-order valence-corrected chi connectivity index (χ0v) is 21.1. The monoisotopic (exact) mass is 455 g/mol. The highest BCUT2D eigenvalue weighted by Crippen LogP contribution is 2.29. The molecule has 1 N–H and O–H groups in total. The molecule has 0 aliphatic carbocycles. The SMILES string of the molecule is CCOc1cc(CNC[C@@H](Cc2ccccc2)N(CC)CC)ccc1O[C@@H](C)C(=O)N(C)C. The molecule has 2 rings (SSSR count). The Bertz CT molecular complexity index is 838.